The number of benzene rings is 1. The van der Waals surface area contributed by atoms with Crippen LogP contribution < -0.4 is 0 Å². The number of halogens is 1. The molecule has 0 atom stereocenters. The van der Waals surface area contributed by atoms with Gasteiger partial charge in [-0.25, -0.2) is 4.79 Å². The van der Waals surface area contributed by atoms with Crippen molar-refractivity contribution in [1.29, 1.82) is 0 Å². The second-order valence-electron chi connectivity index (χ2n) is 3.67. The van der Waals surface area contributed by atoms with Crippen molar-refractivity contribution in [3.05, 3.63) is 34.3 Å². The van der Waals surface area contributed by atoms with E-state index in [1.54, 1.807) is 12.1 Å². The number of ether oxygens (including phenoxy) is 1. The number of carbonyl (C=O) groups is 1. The molecule has 0 saturated carbocycles. The lowest BCUT2D eigenvalue weighted by molar-refractivity contribution is 0.0466. The first-order valence-electron chi connectivity index (χ1n) is 5.82. The van der Waals surface area contributed by atoms with Crippen LogP contribution in [0.5, 0.6) is 0 Å². The molecule has 0 unspecified atom stereocenters. The molecule has 94 valence electrons. The molecule has 0 aliphatic rings. The van der Waals surface area contributed by atoms with E-state index >= 15 is 0 Å². The molecule has 1 aromatic rings. The number of hydrogen-bond donors (Lipinski definition) is 0. The fraction of sp³-hybridized carbons (Fsp3) is 0.462. The number of esters is 1. The van der Waals surface area contributed by atoms with Crippen LogP contribution in [-0.4, -0.2) is 37.1 Å². The summed E-state index contributed by atoms with van der Waals surface area (Å²) in [5.74, 6) is -0.260. The van der Waals surface area contributed by atoms with Gasteiger partial charge < -0.3 is 9.64 Å². The minimum Gasteiger partial charge on any atom is -0.461 e. The van der Waals surface area contributed by atoms with Crippen molar-refractivity contribution in [1.82, 2.24) is 4.90 Å². The van der Waals surface area contributed by atoms with Crippen molar-refractivity contribution < 1.29 is 9.53 Å². The Balaban J connectivity index is 2.37. The van der Waals surface area contributed by atoms with Crippen LogP contribution in [0.15, 0.2) is 28.7 Å². The lowest BCUT2D eigenvalue weighted by atomic mass is 10.2. The molecule has 0 amide bonds. The SMILES string of the molecule is CCN(CC)CCOC(=O)c1ccc(Br)cc1. The van der Waals surface area contributed by atoms with Crippen LogP contribution in [0.2, 0.25) is 0 Å². The molecule has 0 radical (unpaired) electrons. The van der Waals surface area contributed by atoms with Gasteiger partial charge in [0.05, 0.1) is 5.56 Å². The summed E-state index contributed by atoms with van der Waals surface area (Å²) in [6, 6.07) is 7.18. The lowest BCUT2D eigenvalue weighted by Gasteiger charge is -2.17. The molecule has 0 heterocycles. The maximum absolute atomic E-state index is 11.7. The second-order valence-corrected chi connectivity index (χ2v) is 4.59. The van der Waals surface area contributed by atoms with E-state index in [0.29, 0.717) is 12.2 Å². The van der Waals surface area contributed by atoms with Gasteiger partial charge in [0.15, 0.2) is 0 Å². The van der Waals surface area contributed by atoms with Crippen molar-refractivity contribution >= 4 is 21.9 Å². The molecule has 1 aromatic carbocycles. The maximum atomic E-state index is 11.7. The van der Waals surface area contributed by atoms with Crippen molar-refractivity contribution in [2.24, 2.45) is 0 Å². The zero-order chi connectivity index (χ0) is 12.7. The molecule has 0 aliphatic heterocycles. The van der Waals surface area contributed by atoms with Crippen LogP contribution in [0.1, 0.15) is 24.2 Å². The van der Waals surface area contributed by atoms with Gasteiger partial charge in [-0.1, -0.05) is 29.8 Å². The predicted molar refractivity (Wildman–Crippen MR) is 72.2 cm³/mol. The van der Waals surface area contributed by atoms with Gasteiger partial charge in [0, 0.05) is 11.0 Å². The van der Waals surface area contributed by atoms with Gasteiger partial charge in [0.25, 0.3) is 0 Å². The van der Waals surface area contributed by atoms with Crippen LogP contribution in [0.25, 0.3) is 0 Å². The van der Waals surface area contributed by atoms with Gasteiger partial charge in [-0.3, -0.25) is 0 Å². The first-order valence-corrected chi connectivity index (χ1v) is 6.61. The van der Waals surface area contributed by atoms with Gasteiger partial charge in [-0.05, 0) is 37.4 Å². The van der Waals surface area contributed by atoms with Crippen LogP contribution in [-0.2, 0) is 4.74 Å². The van der Waals surface area contributed by atoms with E-state index < -0.39 is 0 Å². The van der Waals surface area contributed by atoms with E-state index in [0.717, 1.165) is 24.1 Å². The van der Waals surface area contributed by atoms with Gasteiger partial charge in [-0.2, -0.15) is 0 Å². The monoisotopic (exact) mass is 299 g/mol. The highest BCUT2D eigenvalue weighted by Crippen LogP contribution is 2.11. The third-order valence-corrected chi connectivity index (χ3v) is 3.14. The Hall–Kier alpha value is -0.870. The zero-order valence-electron chi connectivity index (χ0n) is 10.3. The van der Waals surface area contributed by atoms with Crippen molar-refractivity contribution in [2.45, 2.75) is 13.8 Å². The quantitative estimate of drug-likeness (QED) is 0.757. The minimum absolute atomic E-state index is 0.260. The summed E-state index contributed by atoms with van der Waals surface area (Å²) in [5.41, 5.74) is 0.591. The van der Waals surface area contributed by atoms with Crippen molar-refractivity contribution in [3.63, 3.8) is 0 Å². The van der Waals surface area contributed by atoms with E-state index in [1.165, 1.54) is 0 Å². The third kappa shape index (κ3) is 4.88. The Kier molecular flexibility index (Phi) is 6.22. The molecule has 0 saturated heterocycles. The number of rotatable bonds is 6. The van der Waals surface area contributed by atoms with E-state index in [4.69, 9.17) is 4.74 Å². The average molecular weight is 300 g/mol. The normalized spacial score (nSPS) is 10.6. The summed E-state index contributed by atoms with van der Waals surface area (Å²) in [6.07, 6.45) is 0. The molecular formula is C13H18BrNO2. The molecular weight excluding hydrogens is 282 g/mol. The van der Waals surface area contributed by atoms with Gasteiger partial charge in [0.2, 0.25) is 0 Å². The summed E-state index contributed by atoms with van der Waals surface area (Å²) < 4.78 is 6.16. The van der Waals surface area contributed by atoms with Gasteiger partial charge in [-0.15, -0.1) is 0 Å². The zero-order valence-corrected chi connectivity index (χ0v) is 11.9. The van der Waals surface area contributed by atoms with Gasteiger partial charge in [0.1, 0.15) is 6.61 Å². The standard InChI is InChI=1S/C13H18BrNO2/c1-3-15(4-2)9-10-17-13(16)11-5-7-12(14)8-6-11/h5-8H,3-4,9-10H2,1-2H3. The Labute approximate surface area is 111 Å². The fourth-order valence-electron chi connectivity index (χ4n) is 1.48. The number of carbonyl (C=O) groups excluding carboxylic acids is 1. The minimum atomic E-state index is -0.260. The van der Waals surface area contributed by atoms with Crippen LogP contribution in [0, 0.1) is 0 Å². The van der Waals surface area contributed by atoms with Crippen LogP contribution in [0.4, 0.5) is 0 Å². The third-order valence-electron chi connectivity index (χ3n) is 2.62. The summed E-state index contributed by atoms with van der Waals surface area (Å²) >= 11 is 3.33. The number of nitrogens with zero attached hydrogens (tertiary/aromatic N) is 1. The summed E-state index contributed by atoms with van der Waals surface area (Å²) in [7, 11) is 0. The largest absolute Gasteiger partial charge is 0.461 e. The topological polar surface area (TPSA) is 29.5 Å². The first kappa shape index (κ1) is 14.2. The molecule has 0 spiro atoms. The Bertz CT molecular complexity index is 347. The molecule has 3 nitrogen and oxygen atoms in total. The molecule has 4 heteroatoms. The van der Waals surface area contributed by atoms with Gasteiger partial charge >= 0.3 is 5.97 Å². The maximum Gasteiger partial charge on any atom is 0.338 e. The Morgan fingerprint density at radius 1 is 1.24 bits per heavy atom. The summed E-state index contributed by atoms with van der Waals surface area (Å²) in [6.45, 7) is 7.38. The predicted octanol–water partition coefficient (Wildman–Crippen LogP) is 2.95. The molecule has 1 rings (SSSR count). The molecule has 17 heavy (non-hydrogen) atoms. The highest BCUT2D eigenvalue weighted by Gasteiger charge is 2.07. The van der Waals surface area contributed by atoms with Crippen LogP contribution >= 0.6 is 15.9 Å². The highest BCUT2D eigenvalue weighted by molar-refractivity contribution is 9.10. The smallest absolute Gasteiger partial charge is 0.338 e. The lowest BCUT2D eigenvalue weighted by Crippen LogP contribution is -2.27. The molecule has 0 fully saturated rings. The van der Waals surface area contributed by atoms with Crippen LogP contribution in [0.3, 0.4) is 0 Å². The van der Waals surface area contributed by atoms with Crippen molar-refractivity contribution in [3.8, 4) is 0 Å². The molecule has 0 N–H and O–H groups in total. The van der Waals surface area contributed by atoms with Crippen molar-refractivity contribution in [2.75, 3.05) is 26.2 Å². The first-order chi connectivity index (χ1) is 8.17. The second kappa shape index (κ2) is 7.45. The highest BCUT2D eigenvalue weighted by atomic mass is 79.9. The Morgan fingerprint density at radius 2 is 1.82 bits per heavy atom. The van der Waals surface area contributed by atoms with E-state index in [2.05, 4.69) is 34.7 Å². The molecule has 0 bridgehead atoms. The summed E-state index contributed by atoms with van der Waals surface area (Å²) in [4.78, 5) is 13.9. The van der Waals surface area contributed by atoms with E-state index in [-0.39, 0.29) is 5.97 Å². The van der Waals surface area contributed by atoms with E-state index in [1.807, 2.05) is 12.1 Å². The fourth-order valence-corrected chi connectivity index (χ4v) is 1.74. The summed E-state index contributed by atoms with van der Waals surface area (Å²) in [5, 5.41) is 0. The number of hydrogen-bond acceptors (Lipinski definition) is 3. The molecule has 0 aliphatic carbocycles. The average Bonchev–Trinajstić information content (AvgIpc) is 2.35. The Morgan fingerprint density at radius 3 is 2.35 bits per heavy atom. The van der Waals surface area contributed by atoms with E-state index in [9.17, 15) is 4.79 Å². The number of likely N-dealkylation sites (N-methyl/N-ethyl adjacent to an activating group) is 1. The molecule has 0 aromatic heterocycles.